The van der Waals surface area contributed by atoms with Gasteiger partial charge in [0.1, 0.15) is 0 Å². The van der Waals surface area contributed by atoms with E-state index in [0.717, 1.165) is 11.3 Å². The molecule has 0 spiro atoms. The van der Waals surface area contributed by atoms with E-state index >= 15 is 0 Å². The molecule has 1 heteroatoms. The molecule has 0 saturated carbocycles. The van der Waals surface area contributed by atoms with Gasteiger partial charge in [-0.25, -0.2) is 0 Å². The van der Waals surface area contributed by atoms with Crippen molar-refractivity contribution in [2.45, 2.75) is 11.8 Å². The zero-order chi connectivity index (χ0) is 14.7. The van der Waals surface area contributed by atoms with Crippen LogP contribution in [-0.2, 0) is 0 Å². The molecule has 0 saturated heterocycles. The molecule has 0 radical (unpaired) electrons. The fraction of sp³-hybridized carbons (Fsp3) is 0.100. The van der Waals surface area contributed by atoms with Gasteiger partial charge in [-0.1, -0.05) is 66.8 Å². The third kappa shape index (κ3) is 3.20. The number of hydrogen-bond acceptors (Lipinski definition) is 1. The van der Waals surface area contributed by atoms with Crippen LogP contribution in [0.4, 0.5) is 0 Å². The van der Waals surface area contributed by atoms with Gasteiger partial charge in [0.05, 0.1) is 0 Å². The summed E-state index contributed by atoms with van der Waals surface area (Å²) < 4.78 is 0. The van der Waals surface area contributed by atoms with Gasteiger partial charge in [-0.05, 0) is 41.3 Å². The first-order valence-electron chi connectivity index (χ1n) is 7.10. The summed E-state index contributed by atoms with van der Waals surface area (Å²) in [5, 5.41) is 0. The van der Waals surface area contributed by atoms with Gasteiger partial charge in [-0.15, -0.1) is 11.8 Å². The van der Waals surface area contributed by atoms with Crippen LogP contribution in [0, 0.1) is 0 Å². The predicted molar refractivity (Wildman–Crippen MR) is 94.5 cm³/mol. The maximum Gasteiger partial charge on any atom is 0.0166 e. The minimum absolute atomic E-state index is 1.00. The van der Waals surface area contributed by atoms with E-state index < -0.39 is 0 Å². The van der Waals surface area contributed by atoms with Crippen LogP contribution in [0.2, 0.25) is 0 Å². The molecule has 1 aliphatic rings. The minimum atomic E-state index is 1.00. The summed E-state index contributed by atoms with van der Waals surface area (Å²) in [6.45, 7) is 6.38. The Balaban J connectivity index is 2.06. The summed E-state index contributed by atoms with van der Waals surface area (Å²) in [5.74, 6) is 1.00. The van der Waals surface area contributed by atoms with Gasteiger partial charge in [0.15, 0.2) is 0 Å². The Kier molecular flexibility index (Phi) is 4.12. The molecule has 0 nitrogen and oxygen atoms in total. The molecule has 2 aromatic rings. The van der Waals surface area contributed by atoms with Gasteiger partial charge >= 0.3 is 0 Å². The van der Waals surface area contributed by atoms with Crippen molar-refractivity contribution in [1.82, 2.24) is 0 Å². The zero-order valence-electron chi connectivity index (χ0n) is 12.2. The van der Waals surface area contributed by atoms with Crippen LogP contribution < -0.4 is 0 Å². The summed E-state index contributed by atoms with van der Waals surface area (Å²) in [6.07, 6.45) is 6.52. The van der Waals surface area contributed by atoms with Gasteiger partial charge in [0.2, 0.25) is 0 Å². The highest BCUT2D eigenvalue weighted by molar-refractivity contribution is 7.99. The highest BCUT2D eigenvalue weighted by Crippen LogP contribution is 2.33. The van der Waals surface area contributed by atoms with Crippen LogP contribution in [0.3, 0.4) is 0 Å². The van der Waals surface area contributed by atoms with Crippen molar-refractivity contribution in [3.05, 3.63) is 84.5 Å². The molecular weight excluding hydrogens is 272 g/mol. The minimum Gasteiger partial charge on any atom is -0.121 e. The quantitative estimate of drug-likeness (QED) is 0.623. The van der Waals surface area contributed by atoms with E-state index in [0.29, 0.717) is 0 Å². The summed E-state index contributed by atoms with van der Waals surface area (Å²) in [6, 6.07) is 17.2. The van der Waals surface area contributed by atoms with Gasteiger partial charge in [0, 0.05) is 10.6 Å². The highest BCUT2D eigenvalue weighted by Gasteiger charge is 2.08. The van der Waals surface area contributed by atoms with E-state index in [9.17, 15) is 0 Å². The lowest BCUT2D eigenvalue weighted by Gasteiger charge is -2.11. The van der Waals surface area contributed by atoms with Crippen molar-refractivity contribution < 1.29 is 0 Å². The Labute approximate surface area is 130 Å². The molecule has 0 atom stereocenters. The van der Waals surface area contributed by atoms with Crippen molar-refractivity contribution in [2.75, 3.05) is 5.75 Å². The van der Waals surface area contributed by atoms with E-state index in [-0.39, 0.29) is 0 Å². The summed E-state index contributed by atoms with van der Waals surface area (Å²) >= 11 is 1.87. The number of fused-ring (bicyclic) bond motifs is 1. The van der Waals surface area contributed by atoms with Gasteiger partial charge in [-0.2, -0.15) is 0 Å². The monoisotopic (exact) mass is 290 g/mol. The van der Waals surface area contributed by atoms with Gasteiger partial charge in [-0.3, -0.25) is 0 Å². The Morgan fingerprint density at radius 2 is 1.76 bits per heavy atom. The Morgan fingerprint density at radius 1 is 0.952 bits per heavy atom. The normalized spacial score (nSPS) is 18.7. The summed E-state index contributed by atoms with van der Waals surface area (Å²) in [5.41, 5.74) is 6.09. The van der Waals surface area contributed by atoms with Crippen LogP contribution >= 0.6 is 11.8 Å². The Bertz CT molecular complexity index is 721. The molecule has 21 heavy (non-hydrogen) atoms. The molecule has 0 fully saturated rings. The topological polar surface area (TPSA) is 0 Å². The fourth-order valence-corrected chi connectivity index (χ4v) is 3.41. The molecule has 0 aromatic heterocycles. The predicted octanol–water partition coefficient (Wildman–Crippen LogP) is 5.98. The van der Waals surface area contributed by atoms with E-state index in [1.165, 1.54) is 27.2 Å². The molecule has 0 aliphatic carbocycles. The lowest BCUT2D eigenvalue weighted by Crippen LogP contribution is -1.87. The molecule has 0 amide bonds. The van der Waals surface area contributed by atoms with E-state index in [2.05, 4.69) is 74.2 Å². The van der Waals surface area contributed by atoms with Crippen molar-refractivity contribution in [3.8, 4) is 11.1 Å². The maximum atomic E-state index is 4.24. The van der Waals surface area contributed by atoms with Crippen molar-refractivity contribution in [3.63, 3.8) is 0 Å². The first-order chi connectivity index (χ1) is 10.2. The molecule has 3 rings (SSSR count). The van der Waals surface area contributed by atoms with E-state index in [4.69, 9.17) is 0 Å². The number of hydrogen-bond donors (Lipinski definition) is 0. The third-order valence-corrected chi connectivity index (χ3v) is 4.62. The second kappa shape index (κ2) is 6.19. The lowest BCUT2D eigenvalue weighted by molar-refractivity contribution is 1.40. The molecule has 0 bridgehead atoms. The Hall–Kier alpha value is -1.99. The first kappa shape index (κ1) is 14.0. The molecule has 0 N–H and O–H groups in total. The molecular formula is C20H18S. The van der Waals surface area contributed by atoms with E-state index in [1.54, 1.807) is 0 Å². The second-order valence-electron chi connectivity index (χ2n) is 5.19. The van der Waals surface area contributed by atoms with Crippen LogP contribution in [0.5, 0.6) is 0 Å². The van der Waals surface area contributed by atoms with Crippen molar-refractivity contribution in [1.29, 1.82) is 0 Å². The smallest absolute Gasteiger partial charge is 0.0166 e. The number of benzene rings is 2. The van der Waals surface area contributed by atoms with Crippen LogP contribution in [-0.4, -0.2) is 5.75 Å². The van der Waals surface area contributed by atoms with Crippen LogP contribution in [0.25, 0.3) is 16.7 Å². The SMILES string of the molecule is C=C1/C=C\C(C)=C/CSc2ccc(-c3ccccc3)cc21. The summed E-state index contributed by atoms with van der Waals surface area (Å²) in [4.78, 5) is 1.30. The number of rotatable bonds is 1. The molecule has 0 unspecified atom stereocenters. The molecule has 1 aliphatic heterocycles. The Morgan fingerprint density at radius 3 is 2.57 bits per heavy atom. The average molecular weight is 290 g/mol. The van der Waals surface area contributed by atoms with Gasteiger partial charge < -0.3 is 0 Å². The number of allylic oxidation sites excluding steroid dienone is 4. The second-order valence-corrected chi connectivity index (χ2v) is 6.26. The molecule has 2 aromatic carbocycles. The standard InChI is InChI=1S/C20H18S/c1-15-8-9-16(2)19-14-18(17-6-4-3-5-7-17)10-11-20(19)21-13-12-15/h3-12,14H,2,13H2,1H3/b9-8-,15-12-. The lowest BCUT2D eigenvalue weighted by atomic mass is 9.99. The first-order valence-corrected chi connectivity index (χ1v) is 8.09. The van der Waals surface area contributed by atoms with E-state index in [1.807, 2.05) is 17.8 Å². The highest BCUT2D eigenvalue weighted by atomic mass is 32.2. The maximum absolute atomic E-state index is 4.24. The van der Waals surface area contributed by atoms with Crippen molar-refractivity contribution >= 4 is 17.3 Å². The van der Waals surface area contributed by atoms with Crippen LogP contribution in [0.1, 0.15) is 12.5 Å². The van der Waals surface area contributed by atoms with Gasteiger partial charge in [0.25, 0.3) is 0 Å². The summed E-state index contributed by atoms with van der Waals surface area (Å²) in [7, 11) is 0. The zero-order valence-corrected chi connectivity index (χ0v) is 13.0. The fourth-order valence-electron chi connectivity index (χ4n) is 2.37. The molecule has 1 heterocycles. The molecule has 104 valence electrons. The largest absolute Gasteiger partial charge is 0.121 e. The average Bonchev–Trinajstić information content (AvgIpc) is 2.59. The third-order valence-electron chi connectivity index (χ3n) is 3.62. The van der Waals surface area contributed by atoms with Crippen molar-refractivity contribution in [2.24, 2.45) is 0 Å². The number of thioether (sulfide) groups is 1. The van der Waals surface area contributed by atoms with Crippen LogP contribution in [0.15, 0.2) is 83.8 Å².